The summed E-state index contributed by atoms with van der Waals surface area (Å²) in [4.78, 5) is 10.3. The van der Waals surface area contributed by atoms with E-state index in [-0.39, 0.29) is 27.9 Å². The third kappa shape index (κ3) is 4.28. The highest BCUT2D eigenvalue weighted by molar-refractivity contribution is 7.87. The smallest absolute Gasteiger partial charge is 0.417 e. The van der Waals surface area contributed by atoms with Crippen LogP contribution in [0.1, 0.15) is 22.8 Å². The molecule has 0 bridgehead atoms. The zero-order chi connectivity index (χ0) is 19.7. The molecule has 0 aliphatic carbocycles. The quantitative estimate of drug-likeness (QED) is 0.543. The monoisotopic (exact) mass is 408 g/mol. The third-order valence-corrected chi connectivity index (χ3v) is 4.81. The lowest BCUT2D eigenvalue weighted by atomic mass is 10.1. The number of halogens is 4. The standard InChI is InChI=1S/C16H12ClF3O5S/c1-9(21)10-3-5-13(14(7-10)24-2)25-26(22,23)15-6-4-11(17)8-12(15)16(18,19)20/h3-8H,1-2H3. The highest BCUT2D eigenvalue weighted by atomic mass is 35.5. The van der Waals surface area contributed by atoms with E-state index in [1.165, 1.54) is 26.2 Å². The predicted molar refractivity (Wildman–Crippen MR) is 87.3 cm³/mol. The van der Waals surface area contributed by atoms with Crippen LogP contribution in [-0.4, -0.2) is 21.3 Å². The summed E-state index contributed by atoms with van der Waals surface area (Å²) in [6.45, 7) is 1.29. The summed E-state index contributed by atoms with van der Waals surface area (Å²) in [7, 11) is -3.66. The van der Waals surface area contributed by atoms with E-state index in [0.717, 1.165) is 12.1 Å². The Morgan fingerprint density at radius 2 is 1.73 bits per heavy atom. The predicted octanol–water partition coefficient (Wildman–Crippen LogP) is 4.34. The van der Waals surface area contributed by atoms with Crippen molar-refractivity contribution >= 4 is 27.5 Å². The van der Waals surface area contributed by atoms with Gasteiger partial charge in [0.05, 0.1) is 12.7 Å². The van der Waals surface area contributed by atoms with E-state index in [9.17, 15) is 26.4 Å². The first kappa shape index (κ1) is 20.1. The fraction of sp³-hybridized carbons (Fsp3) is 0.188. The molecule has 0 aromatic heterocycles. The van der Waals surface area contributed by atoms with Crippen LogP contribution in [0.15, 0.2) is 41.3 Å². The van der Waals surface area contributed by atoms with Gasteiger partial charge >= 0.3 is 16.3 Å². The molecule has 2 aromatic carbocycles. The van der Waals surface area contributed by atoms with Crippen molar-refractivity contribution < 1.29 is 35.3 Å². The fourth-order valence-corrected chi connectivity index (χ4v) is 3.37. The number of ketones is 1. The van der Waals surface area contributed by atoms with Crippen LogP contribution in [0.5, 0.6) is 11.5 Å². The lowest BCUT2D eigenvalue weighted by molar-refractivity contribution is -0.139. The number of benzene rings is 2. The van der Waals surface area contributed by atoms with E-state index >= 15 is 0 Å². The molecule has 10 heteroatoms. The SMILES string of the molecule is COc1cc(C(C)=O)ccc1OS(=O)(=O)c1ccc(Cl)cc1C(F)(F)F. The molecule has 0 fully saturated rings. The maximum absolute atomic E-state index is 13.1. The van der Waals surface area contributed by atoms with E-state index in [1.54, 1.807) is 0 Å². The Balaban J connectivity index is 2.53. The summed E-state index contributed by atoms with van der Waals surface area (Å²) < 4.78 is 74.0. The molecule has 26 heavy (non-hydrogen) atoms. The van der Waals surface area contributed by atoms with E-state index in [4.69, 9.17) is 20.5 Å². The van der Waals surface area contributed by atoms with Crippen molar-refractivity contribution in [2.45, 2.75) is 18.0 Å². The normalized spacial score (nSPS) is 11.9. The van der Waals surface area contributed by atoms with Gasteiger partial charge in [0.2, 0.25) is 0 Å². The van der Waals surface area contributed by atoms with E-state index < -0.39 is 26.8 Å². The van der Waals surface area contributed by atoms with Crippen LogP contribution in [0.2, 0.25) is 5.02 Å². The summed E-state index contributed by atoms with van der Waals surface area (Å²) in [6.07, 6.45) is -4.96. The molecule has 0 amide bonds. The van der Waals surface area contributed by atoms with Crippen LogP contribution >= 0.6 is 11.6 Å². The number of carbonyl (C=O) groups excluding carboxylic acids is 1. The molecule has 0 aliphatic heterocycles. The molecule has 0 N–H and O–H groups in total. The highest BCUT2D eigenvalue weighted by Gasteiger charge is 2.38. The Labute approximate surface area is 152 Å². The summed E-state index contributed by atoms with van der Waals surface area (Å²) in [5.41, 5.74) is -1.24. The molecule has 0 radical (unpaired) electrons. The van der Waals surface area contributed by atoms with Crippen molar-refractivity contribution in [3.63, 3.8) is 0 Å². The topological polar surface area (TPSA) is 69.7 Å². The van der Waals surface area contributed by atoms with E-state index in [2.05, 4.69) is 0 Å². The first-order chi connectivity index (χ1) is 12.0. The largest absolute Gasteiger partial charge is 0.493 e. The minimum absolute atomic E-state index is 0.121. The maximum Gasteiger partial charge on any atom is 0.417 e. The van der Waals surface area contributed by atoms with Crippen LogP contribution in [0.4, 0.5) is 13.2 Å². The molecule has 0 atom stereocenters. The average molecular weight is 409 g/mol. The van der Waals surface area contributed by atoms with E-state index in [0.29, 0.717) is 12.1 Å². The second-order valence-corrected chi connectivity index (χ2v) is 7.05. The number of rotatable bonds is 5. The van der Waals surface area contributed by atoms with Gasteiger partial charge in [0.1, 0.15) is 4.90 Å². The summed E-state index contributed by atoms with van der Waals surface area (Å²) in [6, 6.07) is 5.81. The molecule has 0 saturated carbocycles. The lowest BCUT2D eigenvalue weighted by Crippen LogP contribution is -2.17. The second-order valence-electron chi connectivity index (χ2n) is 5.10. The highest BCUT2D eigenvalue weighted by Crippen LogP contribution is 2.38. The van der Waals surface area contributed by atoms with Crippen molar-refractivity contribution in [1.82, 2.24) is 0 Å². The number of alkyl halides is 3. The second kappa shape index (κ2) is 7.16. The number of hydrogen-bond acceptors (Lipinski definition) is 5. The van der Waals surface area contributed by atoms with Gasteiger partial charge in [0.25, 0.3) is 0 Å². The Bertz CT molecular complexity index is 955. The fourth-order valence-electron chi connectivity index (χ4n) is 2.06. The van der Waals surface area contributed by atoms with Gasteiger partial charge in [-0.15, -0.1) is 0 Å². The van der Waals surface area contributed by atoms with E-state index in [1.807, 2.05) is 0 Å². The summed E-state index contributed by atoms with van der Waals surface area (Å²) in [5.74, 6) is -0.792. The van der Waals surface area contributed by atoms with Gasteiger partial charge in [-0.2, -0.15) is 21.6 Å². The Kier molecular flexibility index (Phi) is 5.52. The van der Waals surface area contributed by atoms with Crippen LogP contribution in [0.3, 0.4) is 0 Å². The Hall–Kier alpha value is -2.26. The van der Waals surface area contributed by atoms with Gasteiger partial charge in [0, 0.05) is 10.6 Å². The van der Waals surface area contributed by atoms with Gasteiger partial charge in [-0.05, 0) is 43.3 Å². The average Bonchev–Trinajstić information content (AvgIpc) is 2.53. The van der Waals surface area contributed by atoms with Gasteiger partial charge in [-0.1, -0.05) is 11.6 Å². The molecule has 0 aliphatic rings. The molecular formula is C16H12ClF3O5S. The Morgan fingerprint density at radius 3 is 2.27 bits per heavy atom. The molecule has 2 rings (SSSR count). The number of hydrogen-bond donors (Lipinski definition) is 0. The first-order valence-electron chi connectivity index (χ1n) is 6.96. The summed E-state index contributed by atoms with van der Waals surface area (Å²) >= 11 is 5.54. The Morgan fingerprint density at radius 1 is 1.08 bits per heavy atom. The maximum atomic E-state index is 13.1. The van der Waals surface area contributed by atoms with Gasteiger partial charge in [-0.3, -0.25) is 4.79 Å². The molecule has 2 aromatic rings. The molecular weight excluding hydrogens is 397 g/mol. The molecule has 0 saturated heterocycles. The zero-order valence-electron chi connectivity index (χ0n) is 13.4. The lowest BCUT2D eigenvalue weighted by Gasteiger charge is -2.15. The number of Topliss-reactive ketones (excluding diaryl/α,β-unsaturated/α-hetero) is 1. The van der Waals surface area contributed by atoms with Crippen LogP contribution < -0.4 is 8.92 Å². The van der Waals surface area contributed by atoms with Gasteiger partial charge in [-0.25, -0.2) is 0 Å². The molecule has 140 valence electrons. The van der Waals surface area contributed by atoms with Crippen LogP contribution in [0, 0.1) is 0 Å². The minimum Gasteiger partial charge on any atom is -0.493 e. The molecule has 5 nitrogen and oxygen atoms in total. The van der Waals surface area contributed by atoms with Crippen molar-refractivity contribution in [3.8, 4) is 11.5 Å². The van der Waals surface area contributed by atoms with Gasteiger partial charge < -0.3 is 8.92 Å². The van der Waals surface area contributed by atoms with Gasteiger partial charge in [0.15, 0.2) is 17.3 Å². The van der Waals surface area contributed by atoms with Crippen molar-refractivity contribution in [2.75, 3.05) is 7.11 Å². The minimum atomic E-state index is -4.96. The van der Waals surface area contributed by atoms with Crippen molar-refractivity contribution in [3.05, 3.63) is 52.5 Å². The number of methoxy groups -OCH3 is 1. The molecule has 0 unspecified atom stereocenters. The van der Waals surface area contributed by atoms with Crippen LogP contribution in [-0.2, 0) is 16.3 Å². The third-order valence-electron chi connectivity index (χ3n) is 3.29. The zero-order valence-corrected chi connectivity index (χ0v) is 15.0. The van der Waals surface area contributed by atoms with Crippen LogP contribution in [0.25, 0.3) is 0 Å². The molecule has 0 heterocycles. The number of carbonyl (C=O) groups is 1. The first-order valence-corrected chi connectivity index (χ1v) is 8.74. The van der Waals surface area contributed by atoms with Crippen molar-refractivity contribution in [2.24, 2.45) is 0 Å². The molecule has 0 spiro atoms. The number of ether oxygens (including phenoxy) is 1. The summed E-state index contributed by atoms with van der Waals surface area (Å²) in [5, 5.41) is -0.278. The van der Waals surface area contributed by atoms with Crippen molar-refractivity contribution in [1.29, 1.82) is 0 Å².